The van der Waals surface area contributed by atoms with Crippen molar-refractivity contribution in [1.29, 1.82) is 0 Å². The van der Waals surface area contributed by atoms with Gasteiger partial charge in [-0.1, -0.05) is 30.3 Å². The number of nitrogens with one attached hydrogen (secondary N) is 1. The highest BCUT2D eigenvalue weighted by Crippen LogP contribution is 2.02. The molecule has 0 spiro atoms. The van der Waals surface area contributed by atoms with Crippen molar-refractivity contribution in [3.8, 4) is 0 Å². The molecule has 0 saturated carbocycles. The number of aliphatic hydroxyl groups excluding tert-OH is 1. The number of benzene rings is 1. The third-order valence-electron chi connectivity index (χ3n) is 2.39. The molecule has 0 aromatic heterocycles. The number of ether oxygens (including phenoxy) is 1. The van der Waals surface area contributed by atoms with Gasteiger partial charge in [0.15, 0.2) is 0 Å². The Bertz CT molecular complexity index is 264. The normalized spacial score (nSPS) is 12.6. The minimum absolute atomic E-state index is 0.350. The van der Waals surface area contributed by atoms with Gasteiger partial charge in [0.2, 0.25) is 0 Å². The Labute approximate surface area is 97.4 Å². The van der Waals surface area contributed by atoms with Crippen LogP contribution in [0, 0.1) is 0 Å². The zero-order valence-electron chi connectivity index (χ0n) is 9.86. The SMILES string of the molecule is CNCCCC(O)COCc1ccccc1. The fraction of sp³-hybridized carbons (Fsp3) is 0.538. The van der Waals surface area contributed by atoms with Crippen LogP contribution >= 0.6 is 0 Å². The van der Waals surface area contributed by atoms with Crippen molar-refractivity contribution < 1.29 is 9.84 Å². The molecule has 0 heterocycles. The van der Waals surface area contributed by atoms with E-state index in [1.807, 2.05) is 37.4 Å². The van der Waals surface area contributed by atoms with Gasteiger partial charge in [0, 0.05) is 0 Å². The topological polar surface area (TPSA) is 41.5 Å². The Morgan fingerprint density at radius 1 is 1.31 bits per heavy atom. The van der Waals surface area contributed by atoms with Gasteiger partial charge in [0.05, 0.1) is 19.3 Å². The Morgan fingerprint density at radius 2 is 2.06 bits per heavy atom. The predicted octanol–water partition coefficient (Wildman–Crippen LogP) is 1.56. The molecule has 3 nitrogen and oxygen atoms in total. The first kappa shape index (κ1) is 13.2. The Balaban J connectivity index is 2.06. The van der Waals surface area contributed by atoms with E-state index in [9.17, 15) is 5.11 Å². The molecule has 0 amide bonds. The summed E-state index contributed by atoms with van der Waals surface area (Å²) in [4.78, 5) is 0. The van der Waals surface area contributed by atoms with E-state index >= 15 is 0 Å². The van der Waals surface area contributed by atoms with Gasteiger partial charge in [0.25, 0.3) is 0 Å². The molecule has 1 unspecified atom stereocenters. The summed E-state index contributed by atoms with van der Waals surface area (Å²) in [6.07, 6.45) is 1.42. The third-order valence-corrected chi connectivity index (χ3v) is 2.39. The quantitative estimate of drug-likeness (QED) is 0.657. The van der Waals surface area contributed by atoms with E-state index in [4.69, 9.17) is 4.74 Å². The molecule has 0 fully saturated rings. The van der Waals surface area contributed by atoms with Crippen molar-refractivity contribution in [2.75, 3.05) is 20.2 Å². The van der Waals surface area contributed by atoms with Crippen molar-refractivity contribution in [2.45, 2.75) is 25.6 Å². The maximum Gasteiger partial charge on any atom is 0.0774 e. The van der Waals surface area contributed by atoms with E-state index in [0.717, 1.165) is 24.9 Å². The van der Waals surface area contributed by atoms with Crippen LogP contribution in [0.4, 0.5) is 0 Å². The van der Waals surface area contributed by atoms with E-state index in [2.05, 4.69) is 5.32 Å². The summed E-state index contributed by atoms with van der Waals surface area (Å²) < 4.78 is 5.44. The summed E-state index contributed by atoms with van der Waals surface area (Å²) in [6, 6.07) is 10.0. The van der Waals surface area contributed by atoms with E-state index in [1.54, 1.807) is 0 Å². The first-order valence-electron chi connectivity index (χ1n) is 5.77. The molecule has 90 valence electrons. The van der Waals surface area contributed by atoms with Crippen molar-refractivity contribution in [3.63, 3.8) is 0 Å². The van der Waals surface area contributed by atoms with Crippen molar-refractivity contribution in [1.82, 2.24) is 5.32 Å². The van der Waals surface area contributed by atoms with Gasteiger partial charge in [-0.15, -0.1) is 0 Å². The molecule has 1 atom stereocenters. The van der Waals surface area contributed by atoms with Crippen LogP contribution in [0.25, 0.3) is 0 Å². The first-order valence-corrected chi connectivity index (χ1v) is 5.77. The molecular weight excluding hydrogens is 202 g/mol. The summed E-state index contributed by atoms with van der Waals surface area (Å²) in [5, 5.41) is 12.7. The maximum atomic E-state index is 9.60. The molecule has 0 bridgehead atoms. The van der Waals surface area contributed by atoms with Crippen molar-refractivity contribution >= 4 is 0 Å². The van der Waals surface area contributed by atoms with Gasteiger partial charge in [-0.25, -0.2) is 0 Å². The van der Waals surface area contributed by atoms with Crippen molar-refractivity contribution in [2.24, 2.45) is 0 Å². The third kappa shape index (κ3) is 5.85. The van der Waals surface area contributed by atoms with Crippen LogP contribution in [0.5, 0.6) is 0 Å². The fourth-order valence-electron chi connectivity index (χ4n) is 1.48. The van der Waals surface area contributed by atoms with Gasteiger partial charge in [-0.3, -0.25) is 0 Å². The van der Waals surface area contributed by atoms with Crippen LogP contribution < -0.4 is 5.32 Å². The molecule has 0 saturated heterocycles. The van der Waals surface area contributed by atoms with Crippen LogP contribution in [0.2, 0.25) is 0 Å². The lowest BCUT2D eigenvalue weighted by Gasteiger charge is -2.11. The number of hydrogen-bond donors (Lipinski definition) is 2. The molecule has 1 aromatic rings. The molecule has 16 heavy (non-hydrogen) atoms. The second-order valence-corrected chi connectivity index (χ2v) is 3.90. The van der Waals surface area contributed by atoms with Crippen LogP contribution in [0.3, 0.4) is 0 Å². The van der Waals surface area contributed by atoms with E-state index in [1.165, 1.54) is 0 Å². The predicted molar refractivity (Wildman–Crippen MR) is 65.3 cm³/mol. The van der Waals surface area contributed by atoms with Gasteiger partial charge in [-0.2, -0.15) is 0 Å². The molecule has 1 rings (SSSR count). The fourth-order valence-corrected chi connectivity index (χ4v) is 1.48. The molecule has 2 N–H and O–H groups in total. The van der Waals surface area contributed by atoms with Crippen LogP contribution in [-0.2, 0) is 11.3 Å². The Hall–Kier alpha value is -0.900. The average molecular weight is 223 g/mol. The molecule has 0 aliphatic rings. The van der Waals surface area contributed by atoms with E-state index in [0.29, 0.717) is 13.2 Å². The first-order chi connectivity index (χ1) is 7.83. The minimum Gasteiger partial charge on any atom is -0.391 e. The van der Waals surface area contributed by atoms with E-state index < -0.39 is 0 Å². The summed E-state index contributed by atoms with van der Waals surface area (Å²) in [5.41, 5.74) is 1.14. The standard InChI is InChI=1S/C13H21NO2/c1-14-9-5-8-13(15)11-16-10-12-6-3-2-4-7-12/h2-4,6-7,13-15H,5,8-11H2,1H3. The lowest BCUT2D eigenvalue weighted by Crippen LogP contribution is -2.17. The van der Waals surface area contributed by atoms with Gasteiger partial charge in [0.1, 0.15) is 0 Å². The zero-order chi connectivity index (χ0) is 11.6. The smallest absolute Gasteiger partial charge is 0.0774 e. The summed E-state index contributed by atoms with van der Waals surface area (Å²) in [6.45, 7) is 1.93. The second-order valence-electron chi connectivity index (χ2n) is 3.90. The number of aliphatic hydroxyl groups is 1. The lowest BCUT2D eigenvalue weighted by atomic mass is 10.2. The zero-order valence-corrected chi connectivity index (χ0v) is 9.86. The van der Waals surface area contributed by atoms with Crippen LogP contribution in [-0.4, -0.2) is 31.4 Å². The van der Waals surface area contributed by atoms with Crippen molar-refractivity contribution in [3.05, 3.63) is 35.9 Å². The molecule has 3 heteroatoms. The maximum absolute atomic E-state index is 9.60. The molecule has 1 aromatic carbocycles. The highest BCUT2D eigenvalue weighted by atomic mass is 16.5. The highest BCUT2D eigenvalue weighted by Gasteiger charge is 2.03. The molecular formula is C13H21NO2. The van der Waals surface area contributed by atoms with Crippen LogP contribution in [0.1, 0.15) is 18.4 Å². The summed E-state index contributed by atoms with van der Waals surface area (Å²) in [7, 11) is 1.91. The number of rotatable bonds is 8. The monoisotopic (exact) mass is 223 g/mol. The summed E-state index contributed by atoms with van der Waals surface area (Å²) >= 11 is 0. The second kappa shape index (κ2) is 8.28. The van der Waals surface area contributed by atoms with Gasteiger partial charge >= 0.3 is 0 Å². The minimum atomic E-state index is -0.350. The summed E-state index contributed by atoms with van der Waals surface area (Å²) in [5.74, 6) is 0. The number of hydrogen-bond acceptors (Lipinski definition) is 3. The van der Waals surface area contributed by atoms with E-state index in [-0.39, 0.29) is 6.10 Å². The largest absolute Gasteiger partial charge is 0.391 e. The molecule has 0 aliphatic heterocycles. The molecule has 0 aliphatic carbocycles. The van der Waals surface area contributed by atoms with Gasteiger partial charge < -0.3 is 15.2 Å². The molecule has 0 radical (unpaired) electrons. The van der Waals surface area contributed by atoms with Crippen LogP contribution in [0.15, 0.2) is 30.3 Å². The van der Waals surface area contributed by atoms with Gasteiger partial charge in [-0.05, 0) is 32.0 Å². The Morgan fingerprint density at radius 3 is 2.75 bits per heavy atom. The Kier molecular flexibility index (Phi) is 6.81. The average Bonchev–Trinajstić information content (AvgIpc) is 2.31. The highest BCUT2D eigenvalue weighted by molar-refractivity contribution is 5.13. The lowest BCUT2D eigenvalue weighted by molar-refractivity contribution is 0.0238.